The zero-order valence-electron chi connectivity index (χ0n) is 19.5. The third-order valence-corrected chi connectivity index (χ3v) is 6.41. The van der Waals surface area contributed by atoms with Crippen LogP contribution in [0.3, 0.4) is 0 Å². The van der Waals surface area contributed by atoms with Gasteiger partial charge in [-0.3, -0.25) is 9.59 Å². The van der Waals surface area contributed by atoms with Crippen LogP contribution < -0.4 is 20.4 Å². The van der Waals surface area contributed by atoms with E-state index in [1.807, 2.05) is 0 Å². The Hall–Kier alpha value is -3.31. The van der Waals surface area contributed by atoms with Crippen LogP contribution in [-0.2, 0) is 11.0 Å². The number of piperidine rings is 2. The molecule has 2 amide bonds. The number of alkyl halides is 3. The minimum absolute atomic E-state index is 0.0326. The van der Waals surface area contributed by atoms with Gasteiger partial charge in [0.2, 0.25) is 11.7 Å². The van der Waals surface area contributed by atoms with Gasteiger partial charge in [-0.2, -0.15) is 18.2 Å². The summed E-state index contributed by atoms with van der Waals surface area (Å²) in [6, 6.07) is 3.11. The van der Waals surface area contributed by atoms with E-state index in [1.54, 1.807) is 24.1 Å². The molecular formula is C23H29F3N6O3. The lowest BCUT2D eigenvalue weighted by atomic mass is 9.93. The summed E-state index contributed by atoms with van der Waals surface area (Å²) in [5.41, 5.74) is -1.09. The summed E-state index contributed by atoms with van der Waals surface area (Å²) in [4.78, 5) is 35.9. The van der Waals surface area contributed by atoms with Crippen molar-refractivity contribution in [2.45, 2.75) is 44.7 Å². The van der Waals surface area contributed by atoms with Crippen LogP contribution in [0.1, 0.15) is 54.8 Å². The normalized spacial score (nSPS) is 17.4. The number of carbonyl (C=O) groups excluding carboxylic acids is 2. The SMILES string of the molecule is CNC(=O)CC1CCN(c2ccc(NC(=O)c3oc(N4CCCCC4)nc3C(F)(F)F)cn2)CC1. The predicted molar refractivity (Wildman–Crippen MR) is 123 cm³/mol. The number of anilines is 3. The van der Waals surface area contributed by atoms with Crippen molar-refractivity contribution < 1.29 is 27.2 Å². The molecule has 2 aliphatic heterocycles. The second-order valence-corrected chi connectivity index (χ2v) is 8.89. The van der Waals surface area contributed by atoms with Crippen LogP contribution in [0.2, 0.25) is 0 Å². The Morgan fingerprint density at radius 2 is 1.80 bits per heavy atom. The third-order valence-electron chi connectivity index (χ3n) is 6.41. The van der Waals surface area contributed by atoms with Crippen LogP contribution >= 0.6 is 0 Å². The van der Waals surface area contributed by atoms with Gasteiger partial charge in [0, 0.05) is 39.6 Å². The molecule has 4 heterocycles. The molecule has 0 unspecified atom stereocenters. The molecule has 2 aromatic heterocycles. The van der Waals surface area contributed by atoms with Gasteiger partial charge in [0.15, 0.2) is 5.69 Å². The van der Waals surface area contributed by atoms with Gasteiger partial charge in [-0.15, -0.1) is 0 Å². The summed E-state index contributed by atoms with van der Waals surface area (Å²) in [5.74, 6) is -0.836. The molecule has 190 valence electrons. The fraction of sp³-hybridized carbons (Fsp3) is 0.565. The minimum atomic E-state index is -4.82. The molecule has 2 fully saturated rings. The molecule has 0 aromatic carbocycles. The summed E-state index contributed by atoms with van der Waals surface area (Å²) in [5, 5.41) is 5.08. The fourth-order valence-electron chi connectivity index (χ4n) is 4.44. The van der Waals surface area contributed by atoms with Gasteiger partial charge in [0.05, 0.1) is 11.9 Å². The number of nitrogens with one attached hydrogen (secondary N) is 2. The van der Waals surface area contributed by atoms with Crippen molar-refractivity contribution in [3.05, 3.63) is 29.8 Å². The van der Waals surface area contributed by atoms with E-state index in [1.165, 1.54) is 6.20 Å². The second-order valence-electron chi connectivity index (χ2n) is 8.89. The number of amides is 2. The number of halogens is 3. The van der Waals surface area contributed by atoms with Crippen LogP contribution in [0, 0.1) is 5.92 Å². The molecule has 35 heavy (non-hydrogen) atoms. The average molecular weight is 495 g/mol. The summed E-state index contributed by atoms with van der Waals surface area (Å²) >= 11 is 0. The van der Waals surface area contributed by atoms with Gasteiger partial charge < -0.3 is 24.9 Å². The maximum atomic E-state index is 13.5. The molecular weight excluding hydrogens is 465 g/mol. The molecule has 2 aliphatic rings. The highest BCUT2D eigenvalue weighted by Gasteiger charge is 2.42. The molecule has 0 radical (unpaired) electrons. The van der Waals surface area contributed by atoms with Gasteiger partial charge in [-0.25, -0.2) is 4.98 Å². The van der Waals surface area contributed by atoms with E-state index in [0.717, 1.165) is 45.2 Å². The van der Waals surface area contributed by atoms with Crippen molar-refractivity contribution in [2.24, 2.45) is 5.92 Å². The quantitative estimate of drug-likeness (QED) is 0.631. The second kappa shape index (κ2) is 10.5. The van der Waals surface area contributed by atoms with E-state index in [9.17, 15) is 22.8 Å². The first-order valence-electron chi connectivity index (χ1n) is 11.8. The molecule has 2 N–H and O–H groups in total. The molecule has 0 spiro atoms. The van der Waals surface area contributed by atoms with Crippen molar-refractivity contribution in [1.82, 2.24) is 15.3 Å². The Morgan fingerprint density at radius 3 is 2.40 bits per heavy atom. The highest BCUT2D eigenvalue weighted by molar-refractivity contribution is 6.03. The minimum Gasteiger partial charge on any atom is -0.417 e. The number of rotatable bonds is 6. The summed E-state index contributed by atoms with van der Waals surface area (Å²) < 4.78 is 45.9. The monoisotopic (exact) mass is 494 g/mol. The number of hydrogen-bond donors (Lipinski definition) is 2. The van der Waals surface area contributed by atoms with Crippen LogP contribution in [0.5, 0.6) is 0 Å². The number of pyridine rings is 1. The standard InChI is InChI=1S/C23H29F3N6O3/c1-27-18(33)13-15-7-11-31(12-8-15)17-6-5-16(14-28-17)29-21(34)19-20(23(24,25)26)30-22(35-19)32-9-3-2-4-10-32/h5-6,14-15H,2-4,7-13H2,1H3,(H,27,33)(H,29,34). The van der Waals surface area contributed by atoms with E-state index in [0.29, 0.717) is 31.2 Å². The van der Waals surface area contributed by atoms with Crippen molar-refractivity contribution in [3.8, 4) is 0 Å². The van der Waals surface area contributed by atoms with Gasteiger partial charge in [-0.05, 0) is 50.2 Å². The molecule has 0 atom stereocenters. The number of aromatic nitrogens is 2. The maximum Gasteiger partial charge on any atom is 0.437 e. The van der Waals surface area contributed by atoms with E-state index in [2.05, 4.69) is 25.5 Å². The van der Waals surface area contributed by atoms with Crippen LogP contribution in [0.4, 0.5) is 30.7 Å². The molecule has 0 aliphatic carbocycles. The van der Waals surface area contributed by atoms with Gasteiger partial charge >= 0.3 is 6.18 Å². The molecule has 9 nitrogen and oxygen atoms in total. The first-order chi connectivity index (χ1) is 16.7. The van der Waals surface area contributed by atoms with Crippen LogP contribution in [0.15, 0.2) is 22.7 Å². The molecule has 0 bridgehead atoms. The lowest BCUT2D eigenvalue weighted by Gasteiger charge is -2.32. The van der Waals surface area contributed by atoms with Gasteiger partial charge in [0.25, 0.3) is 11.9 Å². The molecule has 0 saturated carbocycles. The first-order valence-corrected chi connectivity index (χ1v) is 11.8. The lowest BCUT2D eigenvalue weighted by Crippen LogP contribution is -2.35. The number of oxazole rings is 1. The third kappa shape index (κ3) is 6.04. The number of carbonyl (C=O) groups is 2. The van der Waals surface area contributed by atoms with Gasteiger partial charge in [0.1, 0.15) is 5.82 Å². The van der Waals surface area contributed by atoms with Crippen molar-refractivity contribution in [1.29, 1.82) is 0 Å². The van der Waals surface area contributed by atoms with Crippen molar-refractivity contribution in [3.63, 3.8) is 0 Å². The average Bonchev–Trinajstić information content (AvgIpc) is 3.32. The molecule has 2 aromatic rings. The Balaban J connectivity index is 1.40. The molecule has 2 saturated heterocycles. The molecule has 12 heteroatoms. The topological polar surface area (TPSA) is 104 Å². The summed E-state index contributed by atoms with van der Waals surface area (Å²) in [7, 11) is 1.63. The molecule has 4 rings (SSSR count). The van der Waals surface area contributed by atoms with E-state index in [-0.39, 0.29) is 17.6 Å². The Kier molecular flexibility index (Phi) is 7.46. The summed E-state index contributed by atoms with van der Waals surface area (Å²) in [6.45, 7) is 2.56. The van der Waals surface area contributed by atoms with Crippen LogP contribution in [0.25, 0.3) is 0 Å². The Labute approximate surface area is 201 Å². The smallest absolute Gasteiger partial charge is 0.417 e. The zero-order chi connectivity index (χ0) is 25.0. The van der Waals surface area contributed by atoms with Gasteiger partial charge in [-0.1, -0.05) is 0 Å². The summed E-state index contributed by atoms with van der Waals surface area (Å²) in [6.07, 6.45) is 1.45. The highest BCUT2D eigenvalue weighted by Crippen LogP contribution is 2.35. The highest BCUT2D eigenvalue weighted by atomic mass is 19.4. The largest absolute Gasteiger partial charge is 0.437 e. The predicted octanol–water partition coefficient (Wildman–Crippen LogP) is 3.68. The van der Waals surface area contributed by atoms with Crippen molar-refractivity contribution in [2.75, 3.05) is 48.3 Å². The van der Waals surface area contributed by atoms with Crippen molar-refractivity contribution >= 4 is 29.3 Å². The fourth-order valence-corrected chi connectivity index (χ4v) is 4.44. The first kappa shape index (κ1) is 24.8. The number of hydrogen-bond acceptors (Lipinski definition) is 7. The Morgan fingerprint density at radius 1 is 1.09 bits per heavy atom. The number of nitrogens with zero attached hydrogens (tertiary/aromatic N) is 4. The maximum absolute atomic E-state index is 13.5. The Bertz CT molecular complexity index is 1030. The zero-order valence-corrected chi connectivity index (χ0v) is 19.5. The van der Waals surface area contributed by atoms with E-state index in [4.69, 9.17) is 4.42 Å². The van der Waals surface area contributed by atoms with E-state index < -0.39 is 23.5 Å². The lowest BCUT2D eigenvalue weighted by molar-refractivity contribution is -0.141. The van der Waals surface area contributed by atoms with Crippen LogP contribution in [-0.4, -0.2) is 55.0 Å². The van der Waals surface area contributed by atoms with E-state index >= 15 is 0 Å².